The van der Waals surface area contributed by atoms with Crippen LogP contribution in [0, 0.1) is 0 Å². The summed E-state index contributed by atoms with van der Waals surface area (Å²) in [6.07, 6.45) is 4.92. The van der Waals surface area contributed by atoms with Gasteiger partial charge in [-0.25, -0.2) is 4.79 Å². The molecular weight excluding hydrogens is 228 g/mol. The number of fused-ring (bicyclic) bond motifs is 1. The van der Waals surface area contributed by atoms with Gasteiger partial charge in [-0.15, -0.1) is 0 Å². The zero-order valence-electron chi connectivity index (χ0n) is 9.42. The van der Waals surface area contributed by atoms with Crippen LogP contribution in [-0.4, -0.2) is 21.0 Å². The summed E-state index contributed by atoms with van der Waals surface area (Å²) in [5.41, 5.74) is 2.75. The number of nitrogens with one attached hydrogen (secondary N) is 1. The Morgan fingerprint density at radius 3 is 2.89 bits per heavy atom. The first-order chi connectivity index (χ1) is 8.77. The highest BCUT2D eigenvalue weighted by Gasteiger charge is 2.13. The highest BCUT2D eigenvalue weighted by molar-refractivity contribution is 6.02. The molecule has 0 fully saturated rings. The number of hydrogen-bond acceptors (Lipinski definition) is 2. The highest BCUT2D eigenvalue weighted by Crippen LogP contribution is 2.29. The van der Waals surface area contributed by atoms with E-state index in [1.165, 1.54) is 12.3 Å². The molecule has 0 unspecified atom stereocenters. The van der Waals surface area contributed by atoms with Gasteiger partial charge in [0.05, 0.1) is 5.56 Å². The van der Waals surface area contributed by atoms with Gasteiger partial charge in [0.1, 0.15) is 0 Å². The molecule has 0 bridgehead atoms. The van der Waals surface area contributed by atoms with E-state index in [0.29, 0.717) is 5.56 Å². The van der Waals surface area contributed by atoms with E-state index < -0.39 is 5.97 Å². The number of rotatable bonds is 2. The Balaban J connectivity index is 2.33. The second kappa shape index (κ2) is 4.00. The van der Waals surface area contributed by atoms with E-state index >= 15 is 0 Å². The van der Waals surface area contributed by atoms with E-state index in [4.69, 9.17) is 0 Å². The standard InChI is InChI=1S/C14H10N2O2/c17-14(18)11-4-6-15-8-12(11)9-2-1-3-13-10(9)5-7-16-13/h1-8,16H,(H,17,18). The maximum Gasteiger partial charge on any atom is 0.336 e. The Hall–Kier alpha value is -2.62. The van der Waals surface area contributed by atoms with Crippen molar-refractivity contribution >= 4 is 16.9 Å². The summed E-state index contributed by atoms with van der Waals surface area (Å²) in [4.78, 5) is 18.4. The quantitative estimate of drug-likeness (QED) is 0.721. The largest absolute Gasteiger partial charge is 0.478 e. The van der Waals surface area contributed by atoms with E-state index in [1.54, 1.807) is 6.20 Å². The van der Waals surface area contributed by atoms with Crippen LogP contribution in [0.1, 0.15) is 10.4 Å². The Labute approximate surface area is 103 Å². The van der Waals surface area contributed by atoms with Crippen LogP contribution in [0.4, 0.5) is 0 Å². The van der Waals surface area contributed by atoms with Crippen molar-refractivity contribution in [3.05, 3.63) is 54.5 Å². The maximum atomic E-state index is 11.2. The monoisotopic (exact) mass is 238 g/mol. The lowest BCUT2D eigenvalue weighted by Crippen LogP contribution is -2.00. The fourth-order valence-corrected chi connectivity index (χ4v) is 2.12. The van der Waals surface area contributed by atoms with Gasteiger partial charge in [0.2, 0.25) is 0 Å². The number of aromatic amines is 1. The van der Waals surface area contributed by atoms with Gasteiger partial charge in [-0.2, -0.15) is 0 Å². The first-order valence-corrected chi connectivity index (χ1v) is 5.51. The lowest BCUT2D eigenvalue weighted by atomic mass is 9.99. The van der Waals surface area contributed by atoms with Crippen molar-refractivity contribution in [2.75, 3.05) is 0 Å². The van der Waals surface area contributed by atoms with E-state index in [-0.39, 0.29) is 5.56 Å². The average Bonchev–Trinajstić information content (AvgIpc) is 2.86. The van der Waals surface area contributed by atoms with Crippen LogP contribution in [0.2, 0.25) is 0 Å². The van der Waals surface area contributed by atoms with E-state index in [0.717, 1.165) is 16.5 Å². The van der Waals surface area contributed by atoms with E-state index in [2.05, 4.69) is 9.97 Å². The van der Waals surface area contributed by atoms with Crippen molar-refractivity contribution in [1.29, 1.82) is 0 Å². The average molecular weight is 238 g/mol. The summed E-state index contributed by atoms with van der Waals surface area (Å²) in [5, 5.41) is 10.2. The molecule has 0 spiro atoms. The Kier molecular flexibility index (Phi) is 2.34. The Bertz CT molecular complexity index is 731. The van der Waals surface area contributed by atoms with Gasteiger partial charge in [-0.1, -0.05) is 12.1 Å². The summed E-state index contributed by atoms with van der Waals surface area (Å²) in [6.45, 7) is 0. The molecule has 0 aliphatic rings. The van der Waals surface area contributed by atoms with Gasteiger partial charge < -0.3 is 10.1 Å². The number of aromatic nitrogens is 2. The lowest BCUT2D eigenvalue weighted by Gasteiger charge is -2.06. The number of carboxylic acid groups (broad SMARTS) is 1. The topological polar surface area (TPSA) is 66.0 Å². The molecule has 0 aliphatic heterocycles. The number of nitrogens with zero attached hydrogens (tertiary/aromatic N) is 1. The maximum absolute atomic E-state index is 11.2. The Morgan fingerprint density at radius 2 is 2.06 bits per heavy atom. The SMILES string of the molecule is O=C(O)c1ccncc1-c1cccc2[nH]ccc12. The number of aromatic carboxylic acids is 1. The van der Waals surface area contributed by atoms with Crippen LogP contribution in [0.5, 0.6) is 0 Å². The smallest absolute Gasteiger partial charge is 0.336 e. The second-order valence-corrected chi connectivity index (χ2v) is 3.97. The van der Waals surface area contributed by atoms with E-state index in [1.807, 2.05) is 30.5 Å². The van der Waals surface area contributed by atoms with Crippen molar-refractivity contribution in [2.45, 2.75) is 0 Å². The van der Waals surface area contributed by atoms with Crippen LogP contribution in [0.3, 0.4) is 0 Å². The second-order valence-electron chi connectivity index (χ2n) is 3.97. The molecule has 2 N–H and O–H groups in total. The van der Waals surface area contributed by atoms with Gasteiger partial charge in [0.25, 0.3) is 0 Å². The predicted octanol–water partition coefficient (Wildman–Crippen LogP) is 2.93. The molecule has 4 heteroatoms. The molecule has 0 saturated heterocycles. The zero-order chi connectivity index (χ0) is 12.5. The molecule has 0 aliphatic carbocycles. The van der Waals surface area contributed by atoms with Gasteiger partial charge in [-0.05, 0) is 23.8 Å². The third kappa shape index (κ3) is 1.55. The molecule has 88 valence electrons. The first-order valence-electron chi connectivity index (χ1n) is 5.51. The number of carbonyl (C=O) groups is 1. The molecule has 0 amide bonds. The molecule has 2 heterocycles. The molecule has 18 heavy (non-hydrogen) atoms. The molecule has 2 aromatic heterocycles. The third-order valence-electron chi connectivity index (χ3n) is 2.94. The number of H-pyrrole nitrogens is 1. The molecule has 3 aromatic rings. The van der Waals surface area contributed by atoms with Crippen LogP contribution in [-0.2, 0) is 0 Å². The highest BCUT2D eigenvalue weighted by atomic mass is 16.4. The lowest BCUT2D eigenvalue weighted by molar-refractivity contribution is 0.0697. The molecule has 3 rings (SSSR count). The van der Waals surface area contributed by atoms with Crippen LogP contribution in [0.15, 0.2) is 48.9 Å². The van der Waals surface area contributed by atoms with Crippen LogP contribution < -0.4 is 0 Å². The Morgan fingerprint density at radius 1 is 1.17 bits per heavy atom. The van der Waals surface area contributed by atoms with Gasteiger partial charge in [-0.3, -0.25) is 4.98 Å². The van der Waals surface area contributed by atoms with Crippen molar-refractivity contribution < 1.29 is 9.90 Å². The number of benzene rings is 1. The van der Waals surface area contributed by atoms with Crippen LogP contribution in [0.25, 0.3) is 22.0 Å². The minimum absolute atomic E-state index is 0.263. The fourth-order valence-electron chi connectivity index (χ4n) is 2.12. The summed E-state index contributed by atoms with van der Waals surface area (Å²) in [6, 6.07) is 9.20. The summed E-state index contributed by atoms with van der Waals surface area (Å²) in [5.74, 6) is -0.945. The number of pyridine rings is 1. The summed E-state index contributed by atoms with van der Waals surface area (Å²) >= 11 is 0. The van der Waals surface area contributed by atoms with Gasteiger partial charge in [0, 0.05) is 35.1 Å². The van der Waals surface area contributed by atoms with Crippen molar-refractivity contribution in [3.8, 4) is 11.1 Å². The van der Waals surface area contributed by atoms with Gasteiger partial charge >= 0.3 is 5.97 Å². The summed E-state index contributed by atoms with van der Waals surface area (Å²) < 4.78 is 0. The van der Waals surface area contributed by atoms with Crippen molar-refractivity contribution in [2.24, 2.45) is 0 Å². The van der Waals surface area contributed by atoms with Gasteiger partial charge in [0.15, 0.2) is 0 Å². The minimum Gasteiger partial charge on any atom is -0.478 e. The molecule has 0 saturated carbocycles. The molecule has 0 atom stereocenters. The zero-order valence-corrected chi connectivity index (χ0v) is 9.42. The first kappa shape index (κ1) is 10.5. The summed E-state index contributed by atoms with van der Waals surface area (Å²) in [7, 11) is 0. The fraction of sp³-hybridized carbons (Fsp3) is 0. The van der Waals surface area contributed by atoms with E-state index in [9.17, 15) is 9.90 Å². The molecule has 0 radical (unpaired) electrons. The molecule has 4 nitrogen and oxygen atoms in total. The minimum atomic E-state index is -0.945. The normalized spacial score (nSPS) is 10.7. The number of carboxylic acids is 1. The molecular formula is C14H10N2O2. The number of hydrogen-bond donors (Lipinski definition) is 2. The van der Waals surface area contributed by atoms with Crippen molar-refractivity contribution in [1.82, 2.24) is 9.97 Å². The molecule has 1 aromatic carbocycles. The van der Waals surface area contributed by atoms with Crippen molar-refractivity contribution in [3.63, 3.8) is 0 Å². The van der Waals surface area contributed by atoms with Crippen LogP contribution >= 0.6 is 0 Å². The third-order valence-corrected chi connectivity index (χ3v) is 2.94. The predicted molar refractivity (Wildman–Crippen MR) is 68.5 cm³/mol.